The van der Waals surface area contributed by atoms with E-state index < -0.39 is 0 Å². The second-order valence-electron chi connectivity index (χ2n) is 4.88. The molecule has 1 unspecified atom stereocenters. The summed E-state index contributed by atoms with van der Waals surface area (Å²) >= 11 is 0. The Bertz CT molecular complexity index is 572. The summed E-state index contributed by atoms with van der Waals surface area (Å²) < 4.78 is 2.09. The van der Waals surface area contributed by atoms with Crippen LogP contribution < -0.4 is 0 Å². The van der Waals surface area contributed by atoms with Gasteiger partial charge in [-0.15, -0.1) is 0 Å². The molecule has 1 atom stereocenters. The monoisotopic (exact) mass is 240 g/mol. The van der Waals surface area contributed by atoms with Gasteiger partial charge in [0.05, 0.1) is 5.69 Å². The number of carbonyl (C=O) groups excluding carboxylic acids is 1. The molecule has 3 nitrogen and oxygen atoms in total. The van der Waals surface area contributed by atoms with Gasteiger partial charge in [0, 0.05) is 18.0 Å². The van der Waals surface area contributed by atoms with E-state index >= 15 is 0 Å². The third-order valence-electron chi connectivity index (χ3n) is 3.65. The lowest BCUT2D eigenvalue weighted by atomic mass is 10.0. The summed E-state index contributed by atoms with van der Waals surface area (Å²) in [6.45, 7) is 3.09. The van der Waals surface area contributed by atoms with Crippen molar-refractivity contribution in [3.05, 3.63) is 41.9 Å². The number of fused-ring (bicyclic) bond motifs is 1. The van der Waals surface area contributed by atoms with E-state index in [0.717, 1.165) is 48.4 Å². The smallest absolute Gasteiger partial charge is 0.168 e. The lowest BCUT2D eigenvalue weighted by Gasteiger charge is -2.20. The molecule has 0 spiro atoms. The Morgan fingerprint density at radius 3 is 2.83 bits per heavy atom. The molecule has 0 bridgehead atoms. The van der Waals surface area contributed by atoms with Gasteiger partial charge >= 0.3 is 0 Å². The zero-order valence-corrected chi connectivity index (χ0v) is 10.5. The summed E-state index contributed by atoms with van der Waals surface area (Å²) in [5.41, 5.74) is 2.57. The second-order valence-corrected chi connectivity index (χ2v) is 4.88. The van der Waals surface area contributed by atoms with E-state index in [0.29, 0.717) is 5.92 Å². The molecule has 2 heterocycles. The molecule has 1 aromatic carbocycles. The molecule has 2 aromatic rings. The van der Waals surface area contributed by atoms with Gasteiger partial charge in [0.15, 0.2) is 6.29 Å². The van der Waals surface area contributed by atoms with E-state index in [1.807, 2.05) is 30.3 Å². The van der Waals surface area contributed by atoms with Gasteiger partial charge in [0.25, 0.3) is 0 Å². The highest BCUT2D eigenvalue weighted by atomic mass is 16.1. The maximum atomic E-state index is 11.4. The van der Waals surface area contributed by atoms with Crippen molar-refractivity contribution in [2.45, 2.75) is 32.2 Å². The Hall–Kier alpha value is -1.90. The number of imidazole rings is 1. The zero-order chi connectivity index (χ0) is 12.5. The second kappa shape index (κ2) is 4.41. The van der Waals surface area contributed by atoms with E-state index in [1.54, 1.807) is 0 Å². The summed E-state index contributed by atoms with van der Waals surface area (Å²) in [5, 5.41) is 0. The van der Waals surface area contributed by atoms with E-state index in [4.69, 9.17) is 4.98 Å². The Kier molecular flexibility index (Phi) is 2.74. The Balaban J connectivity index is 2.19. The van der Waals surface area contributed by atoms with Crippen molar-refractivity contribution in [2.75, 3.05) is 0 Å². The number of rotatable bonds is 2. The molecular weight excluding hydrogens is 224 g/mol. The molecule has 1 aliphatic heterocycles. The SMILES string of the molecule is CC1CCCn2c1nc(-c1ccccc1)c2C=O. The Morgan fingerprint density at radius 2 is 2.11 bits per heavy atom. The molecule has 0 N–H and O–H groups in total. The first kappa shape index (κ1) is 11.2. The number of benzene rings is 1. The molecule has 0 saturated heterocycles. The quantitative estimate of drug-likeness (QED) is 0.755. The topological polar surface area (TPSA) is 34.9 Å². The van der Waals surface area contributed by atoms with Crippen LogP contribution in [0.1, 0.15) is 42.0 Å². The molecule has 92 valence electrons. The van der Waals surface area contributed by atoms with Gasteiger partial charge in [-0.1, -0.05) is 37.3 Å². The fourth-order valence-electron chi connectivity index (χ4n) is 2.71. The van der Waals surface area contributed by atoms with Crippen molar-refractivity contribution in [1.29, 1.82) is 0 Å². The Labute approximate surface area is 106 Å². The van der Waals surface area contributed by atoms with E-state index in [2.05, 4.69) is 11.5 Å². The molecular formula is C15H16N2O. The summed E-state index contributed by atoms with van der Waals surface area (Å²) in [4.78, 5) is 16.1. The van der Waals surface area contributed by atoms with Crippen molar-refractivity contribution >= 4 is 6.29 Å². The molecule has 0 radical (unpaired) electrons. The van der Waals surface area contributed by atoms with Crippen LogP contribution in [0.4, 0.5) is 0 Å². The van der Waals surface area contributed by atoms with E-state index in [-0.39, 0.29) is 0 Å². The van der Waals surface area contributed by atoms with Crippen molar-refractivity contribution < 1.29 is 4.79 Å². The summed E-state index contributed by atoms with van der Waals surface area (Å²) in [6, 6.07) is 9.94. The fraction of sp³-hybridized carbons (Fsp3) is 0.333. The van der Waals surface area contributed by atoms with Crippen LogP contribution in [0, 0.1) is 0 Å². The fourth-order valence-corrected chi connectivity index (χ4v) is 2.71. The van der Waals surface area contributed by atoms with Gasteiger partial charge in [-0.25, -0.2) is 4.98 Å². The molecule has 0 saturated carbocycles. The van der Waals surface area contributed by atoms with E-state index in [9.17, 15) is 4.79 Å². The molecule has 3 heteroatoms. The third-order valence-corrected chi connectivity index (χ3v) is 3.65. The van der Waals surface area contributed by atoms with Crippen molar-refractivity contribution in [3.63, 3.8) is 0 Å². The third kappa shape index (κ3) is 1.67. The first-order chi connectivity index (χ1) is 8.81. The minimum absolute atomic E-state index is 0.440. The number of aromatic nitrogens is 2. The van der Waals surface area contributed by atoms with E-state index in [1.165, 1.54) is 0 Å². The minimum atomic E-state index is 0.440. The first-order valence-electron chi connectivity index (χ1n) is 6.42. The predicted octanol–water partition coefficient (Wildman–Crippen LogP) is 3.26. The van der Waals surface area contributed by atoms with Crippen LogP contribution in [-0.2, 0) is 6.54 Å². The van der Waals surface area contributed by atoms with Crippen molar-refractivity contribution in [2.24, 2.45) is 0 Å². The van der Waals surface area contributed by atoms with Crippen molar-refractivity contribution in [1.82, 2.24) is 9.55 Å². The van der Waals surface area contributed by atoms with Gasteiger partial charge in [0.2, 0.25) is 0 Å². The minimum Gasteiger partial charge on any atom is -0.325 e. The predicted molar refractivity (Wildman–Crippen MR) is 70.7 cm³/mol. The van der Waals surface area contributed by atoms with Gasteiger partial charge in [-0.3, -0.25) is 4.79 Å². The largest absolute Gasteiger partial charge is 0.325 e. The van der Waals surface area contributed by atoms with Gasteiger partial charge in [-0.05, 0) is 12.8 Å². The highest BCUT2D eigenvalue weighted by molar-refractivity contribution is 5.84. The summed E-state index contributed by atoms with van der Waals surface area (Å²) in [7, 11) is 0. The van der Waals surface area contributed by atoms with Crippen LogP contribution >= 0.6 is 0 Å². The average molecular weight is 240 g/mol. The van der Waals surface area contributed by atoms with Crippen LogP contribution in [0.5, 0.6) is 0 Å². The van der Waals surface area contributed by atoms with Crippen molar-refractivity contribution in [3.8, 4) is 11.3 Å². The molecule has 1 aliphatic rings. The highest BCUT2D eigenvalue weighted by Gasteiger charge is 2.24. The molecule has 18 heavy (non-hydrogen) atoms. The van der Waals surface area contributed by atoms with Crippen LogP contribution in [-0.4, -0.2) is 15.8 Å². The zero-order valence-electron chi connectivity index (χ0n) is 10.5. The molecule has 0 fully saturated rings. The molecule has 0 aliphatic carbocycles. The molecule has 0 amide bonds. The number of hydrogen-bond donors (Lipinski definition) is 0. The maximum Gasteiger partial charge on any atom is 0.168 e. The number of nitrogens with zero attached hydrogens (tertiary/aromatic N) is 2. The van der Waals surface area contributed by atoms with Crippen LogP contribution in [0.3, 0.4) is 0 Å². The molecule has 3 rings (SSSR count). The number of carbonyl (C=O) groups is 1. The first-order valence-corrected chi connectivity index (χ1v) is 6.42. The maximum absolute atomic E-state index is 11.4. The van der Waals surface area contributed by atoms with Gasteiger partial charge in [-0.2, -0.15) is 0 Å². The van der Waals surface area contributed by atoms with Crippen LogP contribution in [0.2, 0.25) is 0 Å². The molecule has 1 aromatic heterocycles. The standard InChI is InChI=1S/C15H16N2O/c1-11-6-5-9-17-13(10-18)14(16-15(11)17)12-7-3-2-4-8-12/h2-4,7-8,10-11H,5-6,9H2,1H3. The highest BCUT2D eigenvalue weighted by Crippen LogP contribution is 2.31. The van der Waals surface area contributed by atoms with Crippen LogP contribution in [0.15, 0.2) is 30.3 Å². The normalized spacial score (nSPS) is 18.4. The Morgan fingerprint density at radius 1 is 1.33 bits per heavy atom. The number of hydrogen-bond acceptors (Lipinski definition) is 2. The van der Waals surface area contributed by atoms with Gasteiger partial charge < -0.3 is 4.57 Å². The summed E-state index contributed by atoms with van der Waals surface area (Å²) in [6.07, 6.45) is 3.22. The summed E-state index contributed by atoms with van der Waals surface area (Å²) in [5.74, 6) is 1.50. The number of aldehydes is 1. The average Bonchev–Trinajstić information content (AvgIpc) is 2.80. The lowest BCUT2D eigenvalue weighted by Crippen LogP contribution is -2.15. The van der Waals surface area contributed by atoms with Crippen LogP contribution in [0.25, 0.3) is 11.3 Å². The van der Waals surface area contributed by atoms with Gasteiger partial charge in [0.1, 0.15) is 11.5 Å². The lowest BCUT2D eigenvalue weighted by molar-refractivity contribution is 0.111.